The van der Waals surface area contributed by atoms with Crippen LogP contribution in [0.25, 0.3) is 10.8 Å². The quantitative estimate of drug-likeness (QED) is 0.411. The average Bonchev–Trinajstić information content (AvgIpc) is 3.18. The number of fused-ring (bicyclic) bond motifs is 1. The minimum Gasteiger partial charge on any atom is -0.488 e. The van der Waals surface area contributed by atoms with Gasteiger partial charge in [0.25, 0.3) is 0 Å². The standard InChI is InChI=1S/C25H26Cl2N2O2/c26-20-10-8-19(23(27)15-20)17-31-24-11-9-18-5-1-2-6-21(18)22(24)16-28-12-4-14-29-13-3-7-25(29)30/h1-2,5-6,8-11,15,28H,3-4,7,12-14,16-17H2. The van der Waals surface area contributed by atoms with Crippen LogP contribution in [0.2, 0.25) is 10.0 Å². The first-order valence-electron chi connectivity index (χ1n) is 10.7. The molecule has 1 aliphatic heterocycles. The summed E-state index contributed by atoms with van der Waals surface area (Å²) >= 11 is 12.3. The molecule has 0 bridgehead atoms. The molecule has 0 unspecified atom stereocenters. The number of hydrogen-bond donors (Lipinski definition) is 1. The molecule has 31 heavy (non-hydrogen) atoms. The maximum absolute atomic E-state index is 11.8. The van der Waals surface area contributed by atoms with Gasteiger partial charge in [-0.25, -0.2) is 0 Å². The molecule has 1 heterocycles. The Labute approximate surface area is 193 Å². The monoisotopic (exact) mass is 456 g/mol. The van der Waals surface area contributed by atoms with E-state index >= 15 is 0 Å². The second-order valence-corrected chi connectivity index (χ2v) is 8.65. The largest absolute Gasteiger partial charge is 0.488 e. The Balaban J connectivity index is 1.43. The van der Waals surface area contributed by atoms with Crippen LogP contribution in [0.4, 0.5) is 0 Å². The number of hydrogen-bond acceptors (Lipinski definition) is 3. The summed E-state index contributed by atoms with van der Waals surface area (Å²) < 4.78 is 6.18. The molecule has 0 aromatic heterocycles. The zero-order chi connectivity index (χ0) is 21.6. The fourth-order valence-electron chi connectivity index (χ4n) is 3.98. The smallest absolute Gasteiger partial charge is 0.222 e. The first-order valence-corrected chi connectivity index (χ1v) is 11.4. The van der Waals surface area contributed by atoms with E-state index in [0.717, 1.165) is 49.4 Å². The van der Waals surface area contributed by atoms with Crippen LogP contribution < -0.4 is 10.1 Å². The van der Waals surface area contributed by atoms with Crippen molar-refractivity contribution in [1.82, 2.24) is 10.2 Å². The fraction of sp³-hybridized carbons (Fsp3) is 0.320. The highest BCUT2D eigenvalue weighted by Gasteiger charge is 2.19. The molecule has 1 aliphatic rings. The van der Waals surface area contributed by atoms with Crippen LogP contribution in [0.5, 0.6) is 5.75 Å². The van der Waals surface area contributed by atoms with E-state index in [0.29, 0.717) is 29.6 Å². The Kier molecular flexibility index (Phi) is 7.33. The molecular weight excluding hydrogens is 431 g/mol. The summed E-state index contributed by atoms with van der Waals surface area (Å²) in [6.07, 6.45) is 2.62. The van der Waals surface area contributed by atoms with E-state index in [2.05, 4.69) is 23.5 Å². The molecule has 1 fully saturated rings. The minimum atomic E-state index is 0.283. The van der Waals surface area contributed by atoms with Gasteiger partial charge in [-0.2, -0.15) is 0 Å². The lowest BCUT2D eigenvalue weighted by Crippen LogP contribution is -2.28. The number of carbonyl (C=O) groups excluding carboxylic acids is 1. The molecule has 0 atom stereocenters. The molecule has 0 spiro atoms. The first kappa shape index (κ1) is 21.9. The van der Waals surface area contributed by atoms with Crippen molar-refractivity contribution in [1.29, 1.82) is 0 Å². The molecule has 1 saturated heterocycles. The summed E-state index contributed by atoms with van der Waals surface area (Å²) in [7, 11) is 0. The number of benzene rings is 3. The van der Waals surface area contributed by atoms with E-state index in [1.165, 1.54) is 10.8 Å². The van der Waals surface area contributed by atoms with E-state index < -0.39 is 0 Å². The van der Waals surface area contributed by atoms with Crippen molar-refractivity contribution in [2.24, 2.45) is 0 Å². The number of rotatable bonds is 9. The zero-order valence-corrected chi connectivity index (χ0v) is 18.9. The predicted octanol–water partition coefficient (Wildman–Crippen LogP) is 5.83. The molecule has 3 aromatic rings. The van der Waals surface area contributed by atoms with Gasteiger partial charge < -0.3 is 15.0 Å². The van der Waals surface area contributed by atoms with Crippen LogP contribution >= 0.6 is 23.2 Å². The zero-order valence-electron chi connectivity index (χ0n) is 17.4. The molecule has 0 radical (unpaired) electrons. The molecule has 0 saturated carbocycles. The Morgan fingerprint density at radius 3 is 2.74 bits per heavy atom. The Hall–Kier alpha value is -2.27. The van der Waals surface area contributed by atoms with E-state index in [-0.39, 0.29) is 5.91 Å². The highest BCUT2D eigenvalue weighted by atomic mass is 35.5. The van der Waals surface area contributed by atoms with Crippen molar-refractivity contribution in [3.8, 4) is 5.75 Å². The lowest BCUT2D eigenvalue weighted by Gasteiger charge is -2.17. The minimum absolute atomic E-state index is 0.283. The number of ether oxygens (including phenoxy) is 1. The van der Waals surface area contributed by atoms with Crippen LogP contribution in [0, 0.1) is 0 Å². The second-order valence-electron chi connectivity index (χ2n) is 7.80. The van der Waals surface area contributed by atoms with E-state index in [9.17, 15) is 4.79 Å². The first-order chi connectivity index (χ1) is 15.1. The molecule has 0 aliphatic carbocycles. The van der Waals surface area contributed by atoms with Gasteiger partial charge in [-0.05, 0) is 48.4 Å². The van der Waals surface area contributed by atoms with Crippen LogP contribution in [-0.2, 0) is 17.9 Å². The van der Waals surface area contributed by atoms with Crippen molar-refractivity contribution in [3.05, 3.63) is 75.8 Å². The van der Waals surface area contributed by atoms with Gasteiger partial charge in [-0.1, -0.05) is 59.6 Å². The Morgan fingerprint density at radius 2 is 1.94 bits per heavy atom. The SMILES string of the molecule is O=C1CCCN1CCCNCc1c(OCc2ccc(Cl)cc2Cl)ccc2ccccc12. The molecule has 3 aromatic carbocycles. The molecule has 4 rings (SSSR count). The average molecular weight is 457 g/mol. The molecule has 1 N–H and O–H groups in total. The van der Waals surface area contributed by atoms with Crippen molar-refractivity contribution in [2.45, 2.75) is 32.4 Å². The fourth-order valence-corrected chi connectivity index (χ4v) is 4.44. The van der Waals surface area contributed by atoms with Crippen molar-refractivity contribution in [3.63, 3.8) is 0 Å². The van der Waals surface area contributed by atoms with Crippen LogP contribution in [0.15, 0.2) is 54.6 Å². The van der Waals surface area contributed by atoms with Gasteiger partial charge in [-0.3, -0.25) is 4.79 Å². The summed E-state index contributed by atoms with van der Waals surface area (Å²) in [6.45, 7) is 3.63. The van der Waals surface area contributed by atoms with Gasteiger partial charge in [-0.15, -0.1) is 0 Å². The van der Waals surface area contributed by atoms with Gasteiger partial charge in [0.15, 0.2) is 0 Å². The maximum atomic E-state index is 11.8. The van der Waals surface area contributed by atoms with Gasteiger partial charge in [0.05, 0.1) is 0 Å². The molecule has 6 heteroatoms. The van der Waals surface area contributed by atoms with Crippen LogP contribution in [-0.4, -0.2) is 30.4 Å². The summed E-state index contributed by atoms with van der Waals surface area (Å²) in [4.78, 5) is 13.7. The summed E-state index contributed by atoms with van der Waals surface area (Å²) in [5.74, 6) is 1.12. The van der Waals surface area contributed by atoms with Crippen LogP contribution in [0.3, 0.4) is 0 Å². The van der Waals surface area contributed by atoms with E-state index in [1.807, 2.05) is 35.2 Å². The van der Waals surface area contributed by atoms with Gasteiger partial charge in [0.2, 0.25) is 5.91 Å². The topological polar surface area (TPSA) is 41.6 Å². The lowest BCUT2D eigenvalue weighted by atomic mass is 10.0. The summed E-state index contributed by atoms with van der Waals surface area (Å²) in [5.41, 5.74) is 2.02. The Bertz CT molecular complexity index is 1070. The van der Waals surface area contributed by atoms with Gasteiger partial charge >= 0.3 is 0 Å². The highest BCUT2D eigenvalue weighted by molar-refractivity contribution is 6.35. The molecular formula is C25H26Cl2N2O2. The lowest BCUT2D eigenvalue weighted by molar-refractivity contribution is -0.127. The van der Waals surface area contributed by atoms with Gasteiger partial charge in [0.1, 0.15) is 12.4 Å². The number of nitrogens with zero attached hydrogens (tertiary/aromatic N) is 1. The maximum Gasteiger partial charge on any atom is 0.222 e. The molecule has 4 nitrogen and oxygen atoms in total. The third-order valence-corrected chi connectivity index (χ3v) is 6.24. The highest BCUT2D eigenvalue weighted by Crippen LogP contribution is 2.30. The third kappa shape index (κ3) is 5.51. The molecule has 1 amide bonds. The Morgan fingerprint density at radius 1 is 1.06 bits per heavy atom. The van der Waals surface area contributed by atoms with Crippen molar-refractivity contribution in [2.75, 3.05) is 19.6 Å². The number of carbonyl (C=O) groups is 1. The van der Waals surface area contributed by atoms with Crippen LogP contribution in [0.1, 0.15) is 30.4 Å². The van der Waals surface area contributed by atoms with Gasteiger partial charge in [0, 0.05) is 47.2 Å². The number of nitrogens with one attached hydrogen (secondary N) is 1. The number of amides is 1. The van der Waals surface area contributed by atoms with E-state index in [4.69, 9.17) is 27.9 Å². The molecule has 162 valence electrons. The van der Waals surface area contributed by atoms with E-state index in [1.54, 1.807) is 6.07 Å². The van der Waals surface area contributed by atoms with Crippen molar-refractivity contribution >= 4 is 39.9 Å². The third-order valence-electron chi connectivity index (χ3n) is 5.65. The summed E-state index contributed by atoms with van der Waals surface area (Å²) in [5, 5.41) is 7.09. The second kappa shape index (κ2) is 10.4. The normalized spacial score (nSPS) is 13.9. The van der Waals surface area contributed by atoms with Crippen molar-refractivity contribution < 1.29 is 9.53 Å². The number of halogens is 2. The summed E-state index contributed by atoms with van der Waals surface area (Å²) in [6, 6.07) is 17.9. The predicted molar refractivity (Wildman–Crippen MR) is 127 cm³/mol. The number of likely N-dealkylation sites (tertiary alicyclic amines) is 1.